The van der Waals surface area contributed by atoms with Gasteiger partial charge in [0.1, 0.15) is 5.78 Å². The smallest absolute Gasteiger partial charge is 0.201 e. The Morgan fingerprint density at radius 2 is 2.31 bits per heavy atom. The molecule has 2 N–H and O–H groups in total. The van der Waals surface area contributed by atoms with Crippen molar-refractivity contribution in [2.45, 2.75) is 19.9 Å². The minimum atomic E-state index is 0.134. The second kappa shape index (κ2) is 4.14. The van der Waals surface area contributed by atoms with Crippen LogP contribution in [0.25, 0.3) is 11.0 Å². The third-order valence-electron chi connectivity index (χ3n) is 2.43. The number of aromatic nitrogens is 2. The summed E-state index contributed by atoms with van der Waals surface area (Å²) in [5.74, 6) is 0.550. The molecule has 0 bridgehead atoms. The molecule has 84 valence electrons. The minimum absolute atomic E-state index is 0.134. The molecule has 0 atom stereocenters. The summed E-state index contributed by atoms with van der Waals surface area (Å²) >= 11 is 5.86. The van der Waals surface area contributed by atoms with Crippen LogP contribution >= 0.6 is 11.6 Å². The fraction of sp³-hybridized carbons (Fsp3) is 0.273. The first kappa shape index (κ1) is 11.0. The van der Waals surface area contributed by atoms with E-state index in [9.17, 15) is 4.79 Å². The predicted octanol–water partition coefficient (Wildman–Crippen LogP) is 2.25. The summed E-state index contributed by atoms with van der Waals surface area (Å²) in [5.41, 5.74) is 7.45. The summed E-state index contributed by atoms with van der Waals surface area (Å²) in [6.45, 7) is 2.12. The van der Waals surface area contributed by atoms with Gasteiger partial charge < -0.3 is 10.3 Å². The molecule has 1 heterocycles. The number of nitrogen functional groups attached to an aromatic ring is 1. The number of nitrogens with zero attached hydrogens (tertiary/aromatic N) is 2. The van der Waals surface area contributed by atoms with Gasteiger partial charge in [-0.25, -0.2) is 4.98 Å². The van der Waals surface area contributed by atoms with Crippen molar-refractivity contribution in [2.24, 2.45) is 0 Å². The quantitative estimate of drug-likeness (QED) is 0.891. The molecule has 0 spiro atoms. The lowest BCUT2D eigenvalue weighted by atomic mass is 10.3. The van der Waals surface area contributed by atoms with E-state index in [1.54, 1.807) is 19.1 Å². The average Bonchev–Trinajstić information content (AvgIpc) is 2.50. The highest BCUT2D eigenvalue weighted by molar-refractivity contribution is 6.31. The van der Waals surface area contributed by atoms with Crippen molar-refractivity contribution in [1.29, 1.82) is 0 Å². The zero-order chi connectivity index (χ0) is 11.7. The molecule has 0 saturated heterocycles. The average molecular weight is 238 g/mol. The largest absolute Gasteiger partial charge is 0.369 e. The van der Waals surface area contributed by atoms with Gasteiger partial charge in [-0.3, -0.25) is 4.79 Å². The second-order valence-corrected chi connectivity index (χ2v) is 4.14. The van der Waals surface area contributed by atoms with E-state index in [0.717, 1.165) is 11.0 Å². The SMILES string of the molecule is CC(=O)CCn1c(N)nc2cc(Cl)ccc21. The van der Waals surface area contributed by atoms with E-state index in [1.807, 2.05) is 10.6 Å². The van der Waals surface area contributed by atoms with Crippen LogP contribution in [0.1, 0.15) is 13.3 Å². The fourth-order valence-corrected chi connectivity index (χ4v) is 1.79. The van der Waals surface area contributed by atoms with Crippen LogP contribution in [0, 0.1) is 0 Å². The van der Waals surface area contributed by atoms with Crippen LogP contribution in [0.2, 0.25) is 5.02 Å². The van der Waals surface area contributed by atoms with Gasteiger partial charge in [-0.15, -0.1) is 0 Å². The second-order valence-electron chi connectivity index (χ2n) is 3.71. The van der Waals surface area contributed by atoms with Crippen LogP contribution in [0.3, 0.4) is 0 Å². The number of carbonyl (C=O) groups excluding carboxylic acids is 1. The highest BCUT2D eigenvalue weighted by atomic mass is 35.5. The van der Waals surface area contributed by atoms with Crippen LogP contribution in [0.15, 0.2) is 18.2 Å². The van der Waals surface area contributed by atoms with Crippen molar-refractivity contribution in [3.05, 3.63) is 23.2 Å². The predicted molar refractivity (Wildman–Crippen MR) is 64.5 cm³/mol. The van der Waals surface area contributed by atoms with Crippen LogP contribution in [-0.4, -0.2) is 15.3 Å². The Bertz CT molecular complexity index is 547. The Hall–Kier alpha value is -1.55. The van der Waals surface area contributed by atoms with Gasteiger partial charge in [0, 0.05) is 18.0 Å². The van der Waals surface area contributed by atoms with Crippen LogP contribution in [-0.2, 0) is 11.3 Å². The topological polar surface area (TPSA) is 60.9 Å². The molecule has 0 aliphatic rings. The molecule has 1 aromatic heterocycles. The van der Waals surface area contributed by atoms with E-state index in [0.29, 0.717) is 23.9 Å². The number of halogens is 1. The molecule has 16 heavy (non-hydrogen) atoms. The third-order valence-corrected chi connectivity index (χ3v) is 2.66. The number of nitrogens with two attached hydrogens (primary N) is 1. The van der Waals surface area contributed by atoms with Gasteiger partial charge in [0.25, 0.3) is 0 Å². The van der Waals surface area contributed by atoms with Gasteiger partial charge >= 0.3 is 0 Å². The highest BCUT2D eigenvalue weighted by Gasteiger charge is 2.08. The van der Waals surface area contributed by atoms with Gasteiger partial charge in [-0.2, -0.15) is 0 Å². The molecule has 0 amide bonds. The van der Waals surface area contributed by atoms with Crippen molar-refractivity contribution in [2.75, 3.05) is 5.73 Å². The van der Waals surface area contributed by atoms with Crippen LogP contribution in [0.4, 0.5) is 5.95 Å². The maximum absolute atomic E-state index is 10.9. The van der Waals surface area contributed by atoms with E-state index < -0.39 is 0 Å². The third kappa shape index (κ3) is 2.02. The molecule has 0 unspecified atom stereocenters. The van der Waals surface area contributed by atoms with Gasteiger partial charge in [0.15, 0.2) is 0 Å². The number of aryl methyl sites for hydroxylation is 1. The summed E-state index contributed by atoms with van der Waals surface area (Å²) in [7, 11) is 0. The van der Waals surface area contributed by atoms with Crippen LogP contribution < -0.4 is 5.73 Å². The molecule has 5 heteroatoms. The van der Waals surface area contributed by atoms with E-state index >= 15 is 0 Å². The fourth-order valence-electron chi connectivity index (χ4n) is 1.63. The first-order valence-corrected chi connectivity index (χ1v) is 5.36. The number of rotatable bonds is 3. The number of hydrogen-bond donors (Lipinski definition) is 1. The molecule has 0 fully saturated rings. The first-order chi connectivity index (χ1) is 7.58. The van der Waals surface area contributed by atoms with E-state index in [-0.39, 0.29) is 5.78 Å². The number of fused-ring (bicyclic) bond motifs is 1. The van der Waals surface area contributed by atoms with Gasteiger partial charge in [-0.05, 0) is 25.1 Å². The molecular weight excluding hydrogens is 226 g/mol. The van der Waals surface area contributed by atoms with Crippen molar-refractivity contribution >= 4 is 34.4 Å². The molecule has 2 aromatic rings. The van der Waals surface area contributed by atoms with E-state index in [2.05, 4.69) is 4.98 Å². The number of anilines is 1. The molecule has 0 saturated carbocycles. The monoisotopic (exact) mass is 237 g/mol. The van der Waals surface area contributed by atoms with Gasteiger partial charge in [0.05, 0.1) is 11.0 Å². The maximum atomic E-state index is 10.9. The summed E-state index contributed by atoms with van der Waals surface area (Å²) in [4.78, 5) is 15.1. The van der Waals surface area contributed by atoms with Crippen molar-refractivity contribution in [1.82, 2.24) is 9.55 Å². The standard InChI is InChI=1S/C11H12ClN3O/c1-7(16)4-5-15-10-3-2-8(12)6-9(10)14-11(15)13/h2-3,6H,4-5H2,1H3,(H2,13,14). The Balaban J connectivity index is 2.43. The molecule has 0 aliphatic carbocycles. The molecule has 0 aliphatic heterocycles. The van der Waals surface area contributed by atoms with Crippen LogP contribution in [0.5, 0.6) is 0 Å². The number of carbonyl (C=O) groups is 1. The number of imidazole rings is 1. The van der Waals surface area contributed by atoms with Crippen molar-refractivity contribution in [3.8, 4) is 0 Å². The summed E-state index contributed by atoms with van der Waals surface area (Å²) in [6, 6.07) is 5.41. The number of Topliss-reactive ketones (excluding diaryl/α,β-unsaturated/α-hetero) is 1. The lowest BCUT2D eigenvalue weighted by Crippen LogP contribution is -2.06. The molecular formula is C11H12ClN3O. The molecule has 4 nitrogen and oxygen atoms in total. The lowest BCUT2D eigenvalue weighted by Gasteiger charge is -2.04. The molecule has 0 radical (unpaired) electrons. The van der Waals surface area contributed by atoms with E-state index in [1.165, 1.54) is 0 Å². The zero-order valence-corrected chi connectivity index (χ0v) is 9.66. The van der Waals surface area contributed by atoms with Crippen molar-refractivity contribution < 1.29 is 4.79 Å². The Morgan fingerprint density at radius 3 is 3.00 bits per heavy atom. The number of benzene rings is 1. The van der Waals surface area contributed by atoms with Gasteiger partial charge in [-0.1, -0.05) is 11.6 Å². The van der Waals surface area contributed by atoms with E-state index in [4.69, 9.17) is 17.3 Å². The summed E-state index contributed by atoms with van der Waals surface area (Å²) < 4.78 is 1.83. The Morgan fingerprint density at radius 1 is 1.56 bits per heavy atom. The lowest BCUT2D eigenvalue weighted by molar-refractivity contribution is -0.117. The zero-order valence-electron chi connectivity index (χ0n) is 8.90. The minimum Gasteiger partial charge on any atom is -0.369 e. The highest BCUT2D eigenvalue weighted by Crippen LogP contribution is 2.21. The van der Waals surface area contributed by atoms with Gasteiger partial charge in [0.2, 0.25) is 5.95 Å². The maximum Gasteiger partial charge on any atom is 0.201 e. The Kier molecular flexibility index (Phi) is 2.83. The molecule has 1 aromatic carbocycles. The normalized spacial score (nSPS) is 10.9. The Labute approximate surface area is 98.0 Å². The first-order valence-electron chi connectivity index (χ1n) is 4.98. The molecule has 2 rings (SSSR count). The van der Waals surface area contributed by atoms with Crippen molar-refractivity contribution in [3.63, 3.8) is 0 Å². The summed E-state index contributed by atoms with van der Waals surface area (Å²) in [5, 5.41) is 0.628. The summed E-state index contributed by atoms with van der Waals surface area (Å²) in [6.07, 6.45) is 0.457. The number of ketones is 1. The number of hydrogen-bond acceptors (Lipinski definition) is 3.